The summed E-state index contributed by atoms with van der Waals surface area (Å²) in [6.07, 6.45) is 3.62. The van der Waals surface area contributed by atoms with E-state index in [0.29, 0.717) is 18.3 Å². The van der Waals surface area contributed by atoms with E-state index in [9.17, 15) is 18.0 Å². The summed E-state index contributed by atoms with van der Waals surface area (Å²) >= 11 is 0. The Bertz CT molecular complexity index is 937. The zero-order valence-electron chi connectivity index (χ0n) is 16.5. The Kier molecular flexibility index (Phi) is 7.17. The van der Waals surface area contributed by atoms with Crippen molar-refractivity contribution in [1.29, 1.82) is 5.26 Å². The van der Waals surface area contributed by atoms with E-state index < -0.39 is 18.6 Å². The SMILES string of the molecule is N#Cc1cnc(Nc2cc(NCC3CCCCC3)c(C(=O)NCC(F)(F)F)nn2)cn1. The number of amides is 1. The topological polar surface area (TPSA) is 129 Å². The van der Waals surface area contributed by atoms with Gasteiger partial charge in [0.15, 0.2) is 17.2 Å². The molecule has 3 N–H and O–H groups in total. The molecule has 1 fully saturated rings. The number of hydrogen-bond acceptors (Lipinski definition) is 8. The molecule has 164 valence electrons. The number of rotatable bonds is 7. The van der Waals surface area contributed by atoms with Gasteiger partial charge in [-0.05, 0) is 18.8 Å². The fourth-order valence-corrected chi connectivity index (χ4v) is 3.25. The summed E-state index contributed by atoms with van der Waals surface area (Å²) in [6.45, 7) is -0.891. The molecule has 2 aromatic heterocycles. The first-order valence-corrected chi connectivity index (χ1v) is 9.80. The Hall–Kier alpha value is -3.49. The number of nitrogens with one attached hydrogen (secondary N) is 3. The summed E-state index contributed by atoms with van der Waals surface area (Å²) in [5.41, 5.74) is 0.184. The van der Waals surface area contributed by atoms with Gasteiger partial charge in [0.1, 0.15) is 18.4 Å². The summed E-state index contributed by atoms with van der Waals surface area (Å²) in [5, 5.41) is 24.3. The van der Waals surface area contributed by atoms with Crippen LogP contribution in [-0.4, -0.2) is 45.3 Å². The molecule has 0 bridgehead atoms. The maximum atomic E-state index is 12.5. The zero-order valence-corrected chi connectivity index (χ0v) is 16.5. The lowest BCUT2D eigenvalue weighted by Crippen LogP contribution is -2.35. The summed E-state index contributed by atoms with van der Waals surface area (Å²) in [6, 6.07) is 3.34. The third kappa shape index (κ3) is 6.77. The number of nitriles is 1. The highest BCUT2D eigenvalue weighted by atomic mass is 19.4. The number of carbonyl (C=O) groups excluding carboxylic acids is 1. The summed E-state index contributed by atoms with van der Waals surface area (Å²) in [4.78, 5) is 20.2. The van der Waals surface area contributed by atoms with Gasteiger partial charge in [-0.3, -0.25) is 4.79 Å². The Morgan fingerprint density at radius 2 is 1.90 bits per heavy atom. The van der Waals surface area contributed by atoms with Crippen molar-refractivity contribution in [3.05, 3.63) is 29.8 Å². The smallest absolute Gasteiger partial charge is 0.383 e. The molecule has 0 atom stereocenters. The van der Waals surface area contributed by atoms with Crippen LogP contribution in [0.3, 0.4) is 0 Å². The fourth-order valence-electron chi connectivity index (χ4n) is 3.25. The van der Waals surface area contributed by atoms with Gasteiger partial charge in [0.2, 0.25) is 0 Å². The molecule has 9 nitrogen and oxygen atoms in total. The molecule has 1 aliphatic carbocycles. The van der Waals surface area contributed by atoms with E-state index in [1.807, 2.05) is 11.4 Å². The molecule has 1 saturated carbocycles. The average Bonchev–Trinajstić information content (AvgIpc) is 2.77. The van der Waals surface area contributed by atoms with Crippen LogP contribution in [0.25, 0.3) is 0 Å². The number of nitrogens with zero attached hydrogens (tertiary/aromatic N) is 5. The lowest BCUT2D eigenvalue weighted by atomic mass is 9.89. The highest BCUT2D eigenvalue weighted by Gasteiger charge is 2.29. The van der Waals surface area contributed by atoms with E-state index in [4.69, 9.17) is 5.26 Å². The zero-order chi connectivity index (χ0) is 22.3. The van der Waals surface area contributed by atoms with Crippen molar-refractivity contribution in [3.8, 4) is 6.07 Å². The van der Waals surface area contributed by atoms with Crippen LogP contribution < -0.4 is 16.0 Å². The summed E-state index contributed by atoms with van der Waals surface area (Å²) in [5.74, 6) is -0.0483. The van der Waals surface area contributed by atoms with Crippen LogP contribution in [0.15, 0.2) is 18.5 Å². The van der Waals surface area contributed by atoms with Gasteiger partial charge in [-0.1, -0.05) is 19.3 Å². The second kappa shape index (κ2) is 10.0. The minimum Gasteiger partial charge on any atom is -0.383 e. The van der Waals surface area contributed by atoms with Crippen LogP contribution >= 0.6 is 0 Å². The summed E-state index contributed by atoms with van der Waals surface area (Å²) in [7, 11) is 0. The standard InChI is InChI=1S/C19H21F3N8O/c20-19(21,22)11-27-18(31)17-14(25-8-12-4-2-1-3-5-12)6-15(29-30-17)28-16-10-24-13(7-23)9-26-16/h6,9-10,12H,1-5,8,11H2,(H,27,31)(H2,25,26,28,29). The third-order valence-corrected chi connectivity index (χ3v) is 4.79. The maximum absolute atomic E-state index is 12.5. The van der Waals surface area contributed by atoms with E-state index in [0.717, 1.165) is 25.7 Å². The number of halogens is 3. The molecule has 0 spiro atoms. The monoisotopic (exact) mass is 434 g/mol. The molecule has 1 aliphatic rings. The Balaban J connectivity index is 1.77. The van der Waals surface area contributed by atoms with Gasteiger partial charge in [-0.25, -0.2) is 9.97 Å². The Morgan fingerprint density at radius 1 is 1.13 bits per heavy atom. The Morgan fingerprint density at radius 3 is 2.55 bits per heavy atom. The van der Waals surface area contributed by atoms with Gasteiger partial charge in [0.05, 0.1) is 18.1 Å². The Labute approximate surface area is 176 Å². The molecule has 1 amide bonds. The number of carbonyl (C=O) groups is 1. The van der Waals surface area contributed by atoms with E-state index in [-0.39, 0.29) is 22.9 Å². The van der Waals surface area contributed by atoms with Gasteiger partial charge >= 0.3 is 6.18 Å². The summed E-state index contributed by atoms with van der Waals surface area (Å²) < 4.78 is 37.4. The van der Waals surface area contributed by atoms with Gasteiger partial charge in [-0.2, -0.15) is 18.4 Å². The van der Waals surface area contributed by atoms with E-state index >= 15 is 0 Å². The predicted octanol–water partition coefficient (Wildman–Crippen LogP) is 3.17. The molecular formula is C19H21F3N8O. The van der Waals surface area contributed by atoms with Crippen LogP contribution in [0.1, 0.15) is 48.3 Å². The number of anilines is 3. The van der Waals surface area contributed by atoms with Crippen molar-refractivity contribution in [2.24, 2.45) is 5.92 Å². The van der Waals surface area contributed by atoms with Crippen molar-refractivity contribution in [2.45, 2.75) is 38.3 Å². The van der Waals surface area contributed by atoms with Crippen molar-refractivity contribution >= 4 is 23.2 Å². The van der Waals surface area contributed by atoms with Crippen molar-refractivity contribution in [1.82, 2.24) is 25.5 Å². The number of hydrogen-bond donors (Lipinski definition) is 3. The highest BCUT2D eigenvalue weighted by molar-refractivity contribution is 5.97. The minimum absolute atomic E-state index is 0.142. The largest absolute Gasteiger partial charge is 0.405 e. The molecule has 3 rings (SSSR count). The van der Waals surface area contributed by atoms with Gasteiger partial charge in [0, 0.05) is 12.6 Å². The molecule has 2 heterocycles. The van der Waals surface area contributed by atoms with Crippen molar-refractivity contribution < 1.29 is 18.0 Å². The second-order valence-electron chi connectivity index (χ2n) is 7.20. The van der Waals surface area contributed by atoms with E-state index in [1.54, 1.807) is 0 Å². The molecule has 12 heteroatoms. The minimum atomic E-state index is -4.53. The number of alkyl halides is 3. The molecule has 0 aliphatic heterocycles. The van der Waals surface area contributed by atoms with Crippen LogP contribution in [-0.2, 0) is 0 Å². The first-order chi connectivity index (χ1) is 14.8. The van der Waals surface area contributed by atoms with E-state index in [2.05, 4.69) is 30.8 Å². The fraction of sp³-hybridized carbons (Fsp3) is 0.474. The van der Waals surface area contributed by atoms with Crippen LogP contribution in [0.2, 0.25) is 0 Å². The normalized spacial score (nSPS) is 14.5. The maximum Gasteiger partial charge on any atom is 0.405 e. The van der Waals surface area contributed by atoms with Crippen LogP contribution in [0, 0.1) is 17.2 Å². The lowest BCUT2D eigenvalue weighted by molar-refractivity contribution is -0.123. The quantitative estimate of drug-likeness (QED) is 0.606. The van der Waals surface area contributed by atoms with Gasteiger partial charge in [-0.15, -0.1) is 10.2 Å². The second-order valence-corrected chi connectivity index (χ2v) is 7.20. The molecule has 0 unspecified atom stereocenters. The molecule has 31 heavy (non-hydrogen) atoms. The van der Waals surface area contributed by atoms with Crippen molar-refractivity contribution in [3.63, 3.8) is 0 Å². The molecule has 0 saturated heterocycles. The average molecular weight is 434 g/mol. The van der Waals surface area contributed by atoms with Gasteiger partial charge in [0.25, 0.3) is 5.91 Å². The third-order valence-electron chi connectivity index (χ3n) is 4.79. The van der Waals surface area contributed by atoms with Crippen LogP contribution in [0.4, 0.5) is 30.5 Å². The number of aromatic nitrogens is 4. The van der Waals surface area contributed by atoms with E-state index in [1.165, 1.54) is 24.9 Å². The molecule has 2 aromatic rings. The highest BCUT2D eigenvalue weighted by Crippen LogP contribution is 2.25. The molecule has 0 radical (unpaired) electrons. The molecular weight excluding hydrogens is 413 g/mol. The first-order valence-electron chi connectivity index (χ1n) is 9.80. The van der Waals surface area contributed by atoms with Crippen LogP contribution in [0.5, 0.6) is 0 Å². The lowest BCUT2D eigenvalue weighted by Gasteiger charge is -2.23. The predicted molar refractivity (Wildman–Crippen MR) is 106 cm³/mol. The van der Waals surface area contributed by atoms with Gasteiger partial charge < -0.3 is 16.0 Å². The molecule has 0 aromatic carbocycles. The first kappa shape index (κ1) is 22.2. The van der Waals surface area contributed by atoms with Crippen molar-refractivity contribution in [2.75, 3.05) is 23.7 Å².